The Morgan fingerprint density at radius 3 is 2.59 bits per heavy atom. The van der Waals surface area contributed by atoms with Gasteiger partial charge in [-0.25, -0.2) is 9.18 Å². The lowest BCUT2D eigenvalue weighted by molar-refractivity contribution is 0.0781. The molecule has 2 unspecified atom stereocenters. The highest BCUT2D eigenvalue weighted by atomic mass is 35.5. The van der Waals surface area contributed by atoms with Crippen LogP contribution >= 0.6 is 11.6 Å². The van der Waals surface area contributed by atoms with Gasteiger partial charge in [-0.2, -0.15) is 0 Å². The first-order chi connectivity index (χ1) is 17.9. The second-order valence-corrected chi connectivity index (χ2v) is 9.83. The van der Waals surface area contributed by atoms with E-state index >= 15 is 4.39 Å². The second kappa shape index (κ2) is 14.9. The van der Waals surface area contributed by atoms with E-state index in [9.17, 15) is 9.59 Å². The van der Waals surface area contributed by atoms with Crippen LogP contribution < -0.4 is 16.0 Å². The molecular weight excluding hydrogens is 497 g/mol. The van der Waals surface area contributed by atoms with Crippen LogP contribution in [0, 0.1) is 11.7 Å². The molecule has 3 N–H and O–H groups in total. The molecule has 3 rings (SSSR count). The summed E-state index contributed by atoms with van der Waals surface area (Å²) in [4.78, 5) is 24.4. The Morgan fingerprint density at radius 2 is 1.89 bits per heavy atom. The Labute approximate surface area is 223 Å². The topological polar surface area (TPSA) is 88.7 Å². The third-order valence-electron chi connectivity index (χ3n) is 6.79. The lowest BCUT2D eigenvalue weighted by Crippen LogP contribution is -2.40. The van der Waals surface area contributed by atoms with Crippen molar-refractivity contribution >= 4 is 23.6 Å². The number of nitrogens with one attached hydrogen (secondary N) is 3. The zero-order valence-corrected chi connectivity index (χ0v) is 22.3. The van der Waals surface area contributed by atoms with Gasteiger partial charge < -0.3 is 25.4 Å². The summed E-state index contributed by atoms with van der Waals surface area (Å²) < 4.78 is 25.6. The van der Waals surface area contributed by atoms with Crippen molar-refractivity contribution in [2.45, 2.75) is 50.7 Å². The monoisotopic (exact) mass is 533 g/mol. The number of hydrogen-bond acceptors (Lipinski definition) is 5. The van der Waals surface area contributed by atoms with Crippen molar-refractivity contribution in [3.05, 3.63) is 70.0 Å². The maximum Gasteiger partial charge on any atom is 0.406 e. The normalized spacial score (nSPS) is 15.6. The minimum absolute atomic E-state index is 0.0904. The van der Waals surface area contributed by atoms with E-state index in [1.54, 1.807) is 24.3 Å². The molecular formula is C28H37ClFN3O4. The summed E-state index contributed by atoms with van der Waals surface area (Å²) in [5, 5.41) is 9.32. The van der Waals surface area contributed by atoms with Crippen molar-refractivity contribution in [2.75, 3.05) is 33.9 Å². The number of halogens is 2. The van der Waals surface area contributed by atoms with Gasteiger partial charge in [-0.05, 0) is 55.3 Å². The molecule has 0 bridgehead atoms. The molecule has 1 fully saturated rings. The predicted molar refractivity (Wildman–Crippen MR) is 142 cm³/mol. The average Bonchev–Trinajstić information content (AvgIpc) is 2.91. The average molecular weight is 534 g/mol. The largest absolute Gasteiger partial charge is 0.453 e. The Balaban J connectivity index is 1.72. The van der Waals surface area contributed by atoms with E-state index in [0.29, 0.717) is 28.6 Å². The first-order valence-electron chi connectivity index (χ1n) is 12.8. The lowest BCUT2D eigenvalue weighted by atomic mass is 9.85. The smallest absolute Gasteiger partial charge is 0.406 e. The van der Waals surface area contributed by atoms with Crippen LogP contribution in [0.2, 0.25) is 5.02 Å². The number of rotatable bonds is 12. The van der Waals surface area contributed by atoms with Crippen LogP contribution in [0.1, 0.15) is 66.1 Å². The number of amides is 2. The molecule has 7 nitrogen and oxygen atoms in total. The van der Waals surface area contributed by atoms with E-state index in [0.717, 1.165) is 6.42 Å². The fraction of sp³-hybridized carbons (Fsp3) is 0.500. The van der Waals surface area contributed by atoms with Crippen LogP contribution in [0.5, 0.6) is 0 Å². The third kappa shape index (κ3) is 8.98. The van der Waals surface area contributed by atoms with Crippen LogP contribution in [0.15, 0.2) is 42.5 Å². The molecule has 2 aromatic rings. The first kappa shape index (κ1) is 28.9. The number of benzene rings is 2. The van der Waals surface area contributed by atoms with E-state index in [2.05, 4.69) is 20.7 Å². The summed E-state index contributed by atoms with van der Waals surface area (Å²) in [6.45, 7) is 0.747. The molecule has 2 aromatic carbocycles. The standard InChI is InChI=1S/C28H37ClFN3O4/c1-31-23(15-19-7-4-3-5-8-19)18-33-27(34)21-11-12-25(30)24(17-21)26(20-9-6-10-22(29)16-20)37-14-13-32-28(35)36-2/h6,9-12,16-17,19,23,26,31H,3-5,7-8,13-15,18H2,1-2H3,(H,32,35)(H,33,34). The van der Waals surface area contributed by atoms with Gasteiger partial charge in [0.2, 0.25) is 0 Å². The Hall–Kier alpha value is -2.68. The molecule has 0 heterocycles. The van der Waals surface area contributed by atoms with Gasteiger partial charge in [0.05, 0.1) is 13.7 Å². The molecule has 1 aliphatic rings. The van der Waals surface area contributed by atoms with E-state index in [4.69, 9.17) is 16.3 Å². The summed E-state index contributed by atoms with van der Waals surface area (Å²) in [7, 11) is 3.18. The van der Waals surface area contributed by atoms with Gasteiger partial charge in [0.1, 0.15) is 11.9 Å². The van der Waals surface area contributed by atoms with Crippen molar-refractivity contribution < 1.29 is 23.5 Å². The Kier molecular flexibility index (Phi) is 11.6. The molecule has 9 heteroatoms. The molecule has 0 spiro atoms. The molecule has 1 aliphatic carbocycles. The molecule has 1 saturated carbocycles. The van der Waals surface area contributed by atoms with E-state index in [-0.39, 0.29) is 30.7 Å². The maximum absolute atomic E-state index is 15.0. The highest BCUT2D eigenvalue weighted by Crippen LogP contribution is 2.31. The quantitative estimate of drug-likeness (QED) is 0.325. The van der Waals surface area contributed by atoms with Crippen LogP contribution in [-0.2, 0) is 9.47 Å². The number of methoxy groups -OCH3 is 1. The number of likely N-dealkylation sites (N-methyl/N-ethyl adjacent to an activating group) is 1. The van der Waals surface area contributed by atoms with Crippen LogP contribution in [0.25, 0.3) is 0 Å². The molecule has 0 saturated heterocycles. The molecule has 37 heavy (non-hydrogen) atoms. The van der Waals surface area contributed by atoms with E-state index < -0.39 is 18.0 Å². The highest BCUT2D eigenvalue weighted by Gasteiger charge is 2.23. The van der Waals surface area contributed by atoms with Crippen molar-refractivity contribution in [1.82, 2.24) is 16.0 Å². The summed E-state index contributed by atoms with van der Waals surface area (Å²) in [6, 6.07) is 11.4. The van der Waals surface area contributed by atoms with Gasteiger partial charge in [-0.15, -0.1) is 0 Å². The van der Waals surface area contributed by atoms with Gasteiger partial charge in [0, 0.05) is 35.3 Å². The molecule has 2 amide bonds. The van der Waals surface area contributed by atoms with Crippen LogP contribution in [-0.4, -0.2) is 51.9 Å². The van der Waals surface area contributed by atoms with Crippen LogP contribution in [0.3, 0.4) is 0 Å². The molecule has 0 radical (unpaired) electrons. The van der Waals surface area contributed by atoms with Crippen molar-refractivity contribution in [3.8, 4) is 0 Å². The van der Waals surface area contributed by atoms with Crippen molar-refractivity contribution in [2.24, 2.45) is 5.92 Å². The zero-order chi connectivity index (χ0) is 26.6. The van der Waals surface area contributed by atoms with E-state index in [1.807, 2.05) is 7.05 Å². The van der Waals surface area contributed by atoms with Gasteiger partial charge in [0.25, 0.3) is 5.91 Å². The number of carbonyl (C=O) groups excluding carboxylic acids is 2. The first-order valence-corrected chi connectivity index (χ1v) is 13.2. The molecule has 0 aromatic heterocycles. The SMILES string of the molecule is CNC(CNC(=O)c1ccc(F)c(C(OCCNC(=O)OC)c2cccc(Cl)c2)c1)CC1CCCCC1. The van der Waals surface area contributed by atoms with Gasteiger partial charge in [-0.1, -0.05) is 55.8 Å². The number of alkyl carbamates (subject to hydrolysis) is 1. The maximum atomic E-state index is 15.0. The summed E-state index contributed by atoms with van der Waals surface area (Å²) >= 11 is 6.18. The van der Waals surface area contributed by atoms with Gasteiger partial charge in [0.15, 0.2) is 0 Å². The minimum atomic E-state index is -0.831. The highest BCUT2D eigenvalue weighted by molar-refractivity contribution is 6.30. The molecule has 202 valence electrons. The Morgan fingerprint density at radius 1 is 1.11 bits per heavy atom. The van der Waals surface area contributed by atoms with Gasteiger partial charge >= 0.3 is 6.09 Å². The van der Waals surface area contributed by atoms with Crippen LogP contribution in [0.4, 0.5) is 9.18 Å². The summed E-state index contributed by atoms with van der Waals surface area (Å²) in [6.07, 6.45) is 5.96. The lowest BCUT2D eigenvalue weighted by Gasteiger charge is -2.26. The fourth-order valence-electron chi connectivity index (χ4n) is 4.77. The summed E-state index contributed by atoms with van der Waals surface area (Å²) in [5.74, 6) is -0.0972. The summed E-state index contributed by atoms with van der Waals surface area (Å²) in [5.41, 5.74) is 1.18. The fourth-order valence-corrected chi connectivity index (χ4v) is 4.97. The number of carbonyl (C=O) groups is 2. The minimum Gasteiger partial charge on any atom is -0.453 e. The third-order valence-corrected chi connectivity index (χ3v) is 7.03. The Bertz CT molecular complexity index is 1030. The van der Waals surface area contributed by atoms with E-state index in [1.165, 1.54) is 57.4 Å². The molecule has 2 atom stereocenters. The second-order valence-electron chi connectivity index (χ2n) is 9.40. The van der Waals surface area contributed by atoms with Gasteiger partial charge in [-0.3, -0.25) is 4.79 Å². The van der Waals surface area contributed by atoms with Crippen molar-refractivity contribution in [3.63, 3.8) is 0 Å². The zero-order valence-electron chi connectivity index (χ0n) is 21.5. The van der Waals surface area contributed by atoms with Crippen molar-refractivity contribution in [1.29, 1.82) is 0 Å². The number of ether oxygens (including phenoxy) is 2. The predicted octanol–water partition coefficient (Wildman–Crippen LogP) is 5.23. The number of hydrogen-bond donors (Lipinski definition) is 3. The molecule has 0 aliphatic heterocycles.